The molecule has 4 rings (SSSR count). The number of hydrogen-bond acceptors (Lipinski definition) is 8. The summed E-state index contributed by atoms with van der Waals surface area (Å²) in [5, 5.41) is 7.41. The Hall–Kier alpha value is -4.51. The third-order valence-corrected chi connectivity index (χ3v) is 5.91. The van der Waals surface area contributed by atoms with Gasteiger partial charge in [-0.1, -0.05) is 36.0 Å². The number of nitrogens with zero attached hydrogens (tertiary/aromatic N) is 2. The number of aromatic amines is 1. The normalized spacial score (nSPS) is 10.9. The van der Waals surface area contributed by atoms with Gasteiger partial charge in [-0.05, 0) is 48.0 Å². The van der Waals surface area contributed by atoms with Crippen LogP contribution < -0.4 is 25.0 Å². The van der Waals surface area contributed by atoms with Crippen LogP contribution in [0.15, 0.2) is 77.0 Å². The van der Waals surface area contributed by atoms with E-state index in [2.05, 4.69) is 25.8 Å². The molecular formula is C26H25N5O5S. The van der Waals surface area contributed by atoms with Crippen molar-refractivity contribution in [3.63, 3.8) is 0 Å². The van der Waals surface area contributed by atoms with E-state index in [0.29, 0.717) is 33.7 Å². The maximum atomic E-state index is 12.3. The summed E-state index contributed by atoms with van der Waals surface area (Å²) in [4.78, 5) is 32.0. The van der Waals surface area contributed by atoms with Gasteiger partial charge in [0.2, 0.25) is 0 Å². The molecule has 10 nitrogen and oxygen atoms in total. The smallest absolute Gasteiger partial charge is 0.262 e. The third kappa shape index (κ3) is 7.01. The Balaban J connectivity index is 1.26. The molecule has 0 fully saturated rings. The minimum atomic E-state index is -0.347. The molecule has 0 bridgehead atoms. The second kappa shape index (κ2) is 12.5. The van der Waals surface area contributed by atoms with Gasteiger partial charge in [0, 0.05) is 0 Å². The van der Waals surface area contributed by atoms with Crippen molar-refractivity contribution in [3.8, 4) is 17.2 Å². The number of benzene rings is 3. The number of para-hydroxylation sites is 4. The molecule has 37 heavy (non-hydrogen) atoms. The van der Waals surface area contributed by atoms with Crippen molar-refractivity contribution in [1.82, 2.24) is 15.4 Å². The summed E-state index contributed by atoms with van der Waals surface area (Å²) >= 11 is 1.29. The minimum Gasteiger partial charge on any atom is -0.495 e. The lowest BCUT2D eigenvalue weighted by atomic mass is 10.2. The van der Waals surface area contributed by atoms with Crippen molar-refractivity contribution < 1.29 is 23.8 Å². The van der Waals surface area contributed by atoms with E-state index in [1.165, 1.54) is 32.2 Å². The molecule has 0 aliphatic rings. The zero-order valence-corrected chi connectivity index (χ0v) is 21.0. The number of hydrazone groups is 1. The molecule has 0 saturated heterocycles. The summed E-state index contributed by atoms with van der Waals surface area (Å²) in [6.45, 7) is -0.221. The van der Waals surface area contributed by atoms with Crippen molar-refractivity contribution in [1.29, 1.82) is 0 Å². The Bertz CT molecular complexity index is 1390. The SMILES string of the molecule is COc1ccccc1NC(=O)COc1ccc(/C=N/NC(=O)CSc2nc3ccccc3[nH]2)cc1OC. The largest absolute Gasteiger partial charge is 0.495 e. The molecule has 11 heteroatoms. The van der Waals surface area contributed by atoms with Gasteiger partial charge in [-0.3, -0.25) is 9.59 Å². The highest BCUT2D eigenvalue weighted by Crippen LogP contribution is 2.28. The van der Waals surface area contributed by atoms with E-state index in [9.17, 15) is 9.59 Å². The zero-order chi connectivity index (χ0) is 26.0. The molecular weight excluding hydrogens is 494 g/mol. The van der Waals surface area contributed by atoms with Gasteiger partial charge in [0.05, 0.1) is 42.9 Å². The second-order valence-electron chi connectivity index (χ2n) is 7.59. The number of nitrogens with one attached hydrogen (secondary N) is 3. The molecule has 3 aromatic carbocycles. The topological polar surface area (TPSA) is 127 Å². The Morgan fingerprint density at radius 2 is 1.76 bits per heavy atom. The van der Waals surface area contributed by atoms with E-state index in [4.69, 9.17) is 14.2 Å². The first kappa shape index (κ1) is 25.6. The highest BCUT2D eigenvalue weighted by atomic mass is 32.2. The number of methoxy groups -OCH3 is 2. The van der Waals surface area contributed by atoms with Crippen molar-refractivity contribution in [2.75, 3.05) is 31.9 Å². The number of hydrogen-bond donors (Lipinski definition) is 3. The van der Waals surface area contributed by atoms with E-state index >= 15 is 0 Å². The quantitative estimate of drug-likeness (QED) is 0.156. The van der Waals surface area contributed by atoms with Crippen molar-refractivity contribution >= 4 is 46.5 Å². The van der Waals surface area contributed by atoms with Crippen LogP contribution in [0.25, 0.3) is 11.0 Å². The lowest BCUT2D eigenvalue weighted by Gasteiger charge is -2.12. The Morgan fingerprint density at radius 1 is 0.973 bits per heavy atom. The van der Waals surface area contributed by atoms with E-state index in [1.54, 1.807) is 36.4 Å². The number of carbonyl (C=O) groups is 2. The lowest BCUT2D eigenvalue weighted by molar-refractivity contribution is -0.119. The predicted molar refractivity (Wildman–Crippen MR) is 143 cm³/mol. The van der Waals surface area contributed by atoms with Crippen LogP contribution in [0.1, 0.15) is 5.56 Å². The molecule has 2 amide bonds. The fourth-order valence-electron chi connectivity index (χ4n) is 3.30. The molecule has 0 aliphatic carbocycles. The molecule has 1 heterocycles. The average molecular weight is 520 g/mol. The number of imidazole rings is 1. The van der Waals surface area contributed by atoms with Crippen LogP contribution in [-0.2, 0) is 9.59 Å². The number of anilines is 1. The number of H-pyrrole nitrogens is 1. The maximum absolute atomic E-state index is 12.3. The summed E-state index contributed by atoms with van der Waals surface area (Å²) in [5.41, 5.74) is 5.49. The number of amides is 2. The highest BCUT2D eigenvalue weighted by Gasteiger charge is 2.11. The monoisotopic (exact) mass is 519 g/mol. The Labute approximate surface area is 217 Å². The standard InChI is InChI=1S/C26H25N5O5S/c1-34-21-10-6-5-9-20(21)28-24(32)15-36-22-12-11-17(13-23(22)35-2)14-27-31-25(33)16-37-26-29-18-7-3-4-8-19(18)30-26/h3-14H,15-16H2,1-2H3,(H,28,32)(H,29,30)(H,31,33)/b27-14+. The molecule has 1 aromatic heterocycles. The van der Waals surface area contributed by atoms with E-state index < -0.39 is 0 Å². The van der Waals surface area contributed by atoms with Gasteiger partial charge >= 0.3 is 0 Å². The van der Waals surface area contributed by atoms with Gasteiger partial charge < -0.3 is 24.5 Å². The number of ether oxygens (including phenoxy) is 3. The number of rotatable bonds is 11. The molecule has 0 saturated carbocycles. The lowest BCUT2D eigenvalue weighted by Crippen LogP contribution is -2.20. The molecule has 190 valence electrons. The highest BCUT2D eigenvalue weighted by molar-refractivity contribution is 7.99. The fourth-order valence-corrected chi connectivity index (χ4v) is 3.98. The number of fused-ring (bicyclic) bond motifs is 1. The first-order valence-corrected chi connectivity index (χ1v) is 12.2. The van der Waals surface area contributed by atoms with Crippen molar-refractivity contribution in [2.45, 2.75) is 5.16 Å². The van der Waals surface area contributed by atoms with E-state index in [0.717, 1.165) is 11.0 Å². The maximum Gasteiger partial charge on any atom is 0.262 e. The van der Waals surface area contributed by atoms with Gasteiger partial charge in [-0.15, -0.1) is 0 Å². The molecule has 0 aliphatic heterocycles. The van der Waals surface area contributed by atoms with Gasteiger partial charge in [-0.2, -0.15) is 5.10 Å². The first-order valence-electron chi connectivity index (χ1n) is 11.2. The van der Waals surface area contributed by atoms with Crippen LogP contribution in [0.2, 0.25) is 0 Å². The summed E-state index contributed by atoms with van der Waals surface area (Å²) in [5.74, 6) is 0.902. The van der Waals surface area contributed by atoms with Gasteiger partial charge in [0.1, 0.15) is 5.75 Å². The van der Waals surface area contributed by atoms with E-state index in [1.807, 2.05) is 30.3 Å². The first-order chi connectivity index (χ1) is 18.1. The Kier molecular flexibility index (Phi) is 8.61. The minimum absolute atomic E-state index is 0.157. The second-order valence-corrected chi connectivity index (χ2v) is 8.55. The molecule has 0 unspecified atom stereocenters. The fraction of sp³-hybridized carbons (Fsp3) is 0.154. The average Bonchev–Trinajstić information content (AvgIpc) is 3.34. The summed E-state index contributed by atoms with van der Waals surface area (Å²) in [6.07, 6.45) is 1.49. The summed E-state index contributed by atoms with van der Waals surface area (Å²) in [6, 6.07) is 19.8. The number of aromatic nitrogens is 2. The van der Waals surface area contributed by atoms with E-state index in [-0.39, 0.29) is 24.2 Å². The van der Waals surface area contributed by atoms with Gasteiger partial charge in [0.25, 0.3) is 11.8 Å². The Morgan fingerprint density at radius 3 is 2.57 bits per heavy atom. The molecule has 4 aromatic rings. The summed E-state index contributed by atoms with van der Waals surface area (Å²) < 4.78 is 16.2. The van der Waals surface area contributed by atoms with Crippen LogP contribution >= 0.6 is 11.8 Å². The van der Waals surface area contributed by atoms with Crippen LogP contribution in [0, 0.1) is 0 Å². The number of carbonyl (C=O) groups excluding carboxylic acids is 2. The number of thioether (sulfide) groups is 1. The molecule has 0 spiro atoms. The van der Waals surface area contributed by atoms with Gasteiger partial charge in [-0.25, -0.2) is 10.4 Å². The molecule has 3 N–H and O–H groups in total. The van der Waals surface area contributed by atoms with Crippen molar-refractivity contribution in [2.24, 2.45) is 5.10 Å². The van der Waals surface area contributed by atoms with Crippen LogP contribution in [0.3, 0.4) is 0 Å². The van der Waals surface area contributed by atoms with Crippen LogP contribution in [0.4, 0.5) is 5.69 Å². The van der Waals surface area contributed by atoms with Crippen LogP contribution in [-0.4, -0.2) is 54.6 Å². The third-order valence-electron chi connectivity index (χ3n) is 5.04. The molecule has 0 atom stereocenters. The van der Waals surface area contributed by atoms with Crippen molar-refractivity contribution in [3.05, 3.63) is 72.3 Å². The van der Waals surface area contributed by atoms with Crippen LogP contribution in [0.5, 0.6) is 17.2 Å². The molecule has 0 radical (unpaired) electrons. The summed E-state index contributed by atoms with van der Waals surface area (Å²) in [7, 11) is 3.03. The predicted octanol–water partition coefficient (Wildman–Crippen LogP) is 3.84. The zero-order valence-electron chi connectivity index (χ0n) is 20.2. The van der Waals surface area contributed by atoms with Gasteiger partial charge in [0.15, 0.2) is 23.3 Å².